The van der Waals surface area contributed by atoms with Crippen molar-refractivity contribution in [1.29, 1.82) is 0 Å². The zero-order valence-corrected chi connectivity index (χ0v) is 10.5. The second-order valence-corrected chi connectivity index (χ2v) is 4.33. The summed E-state index contributed by atoms with van der Waals surface area (Å²) in [5, 5.41) is 0. The van der Waals surface area contributed by atoms with Crippen LogP contribution in [0, 0.1) is 6.92 Å². The van der Waals surface area contributed by atoms with Gasteiger partial charge in [-0.3, -0.25) is 9.88 Å². The molecule has 4 heteroatoms. The monoisotopic (exact) mass is 241 g/mol. The minimum Gasteiger partial charge on any atom is -0.329 e. The van der Waals surface area contributed by atoms with Gasteiger partial charge in [-0.25, -0.2) is 0 Å². The molecule has 1 aromatic rings. The number of aryl methyl sites for hydroxylation is 1. The molecule has 3 nitrogen and oxygen atoms in total. The molecule has 0 aromatic carbocycles. The lowest BCUT2D eigenvalue weighted by atomic mass is 10.2. The third-order valence-electron chi connectivity index (χ3n) is 3.11. The quantitative estimate of drug-likeness (QED) is 0.877. The van der Waals surface area contributed by atoms with Gasteiger partial charge in [-0.2, -0.15) is 0 Å². The van der Waals surface area contributed by atoms with Crippen molar-refractivity contribution in [3.63, 3.8) is 0 Å². The highest BCUT2D eigenvalue weighted by molar-refractivity contribution is 5.85. The zero-order valence-electron chi connectivity index (χ0n) is 9.72. The van der Waals surface area contributed by atoms with E-state index in [0.29, 0.717) is 6.04 Å². The summed E-state index contributed by atoms with van der Waals surface area (Å²) in [5.41, 5.74) is 8.11. The molecule has 1 aliphatic rings. The van der Waals surface area contributed by atoms with Gasteiger partial charge in [0.15, 0.2) is 0 Å². The Balaban J connectivity index is 0.00000128. The Bertz CT molecular complexity index is 313. The van der Waals surface area contributed by atoms with E-state index in [2.05, 4.69) is 28.9 Å². The van der Waals surface area contributed by atoms with Crippen LogP contribution in [0.2, 0.25) is 0 Å². The maximum Gasteiger partial charge on any atom is 0.0544 e. The molecule has 2 rings (SSSR count). The predicted molar refractivity (Wildman–Crippen MR) is 68.7 cm³/mol. The topological polar surface area (TPSA) is 42.1 Å². The summed E-state index contributed by atoms with van der Waals surface area (Å²) in [6.07, 6.45) is 4.44. The Hall–Kier alpha value is -0.640. The molecule has 0 saturated carbocycles. The van der Waals surface area contributed by atoms with Crippen LogP contribution >= 0.6 is 12.4 Å². The molecule has 1 saturated heterocycles. The van der Waals surface area contributed by atoms with Crippen molar-refractivity contribution in [3.8, 4) is 0 Å². The second kappa shape index (κ2) is 6.18. The van der Waals surface area contributed by atoms with Crippen LogP contribution < -0.4 is 5.73 Å². The molecule has 1 atom stereocenters. The fourth-order valence-electron chi connectivity index (χ4n) is 2.17. The number of likely N-dealkylation sites (tertiary alicyclic amines) is 1. The predicted octanol–water partition coefficient (Wildman–Crippen LogP) is 1.73. The molecular formula is C12H20ClN3. The first-order valence-electron chi connectivity index (χ1n) is 5.65. The highest BCUT2D eigenvalue weighted by atomic mass is 35.5. The molecule has 0 bridgehead atoms. The lowest BCUT2D eigenvalue weighted by Gasteiger charge is -2.22. The summed E-state index contributed by atoms with van der Waals surface area (Å²) in [6.45, 7) is 4.95. The number of nitrogens with two attached hydrogens (primary N) is 1. The van der Waals surface area contributed by atoms with E-state index in [9.17, 15) is 0 Å². The molecule has 1 aromatic heterocycles. The maximum atomic E-state index is 5.74. The summed E-state index contributed by atoms with van der Waals surface area (Å²) in [5.74, 6) is 0. The van der Waals surface area contributed by atoms with Gasteiger partial charge >= 0.3 is 0 Å². The summed E-state index contributed by atoms with van der Waals surface area (Å²) in [6, 6.07) is 4.80. The normalized spacial score (nSPS) is 20.8. The molecular weight excluding hydrogens is 222 g/mol. The van der Waals surface area contributed by atoms with Gasteiger partial charge < -0.3 is 5.73 Å². The van der Waals surface area contributed by atoms with Crippen LogP contribution in [-0.4, -0.2) is 29.0 Å². The molecule has 0 spiro atoms. The highest BCUT2D eigenvalue weighted by Crippen LogP contribution is 2.18. The third-order valence-corrected chi connectivity index (χ3v) is 3.11. The van der Waals surface area contributed by atoms with Crippen LogP contribution in [0.4, 0.5) is 0 Å². The van der Waals surface area contributed by atoms with Crippen molar-refractivity contribution in [1.82, 2.24) is 9.88 Å². The molecule has 16 heavy (non-hydrogen) atoms. The number of aromatic nitrogens is 1. The average molecular weight is 242 g/mol. The number of nitrogens with zero attached hydrogens (tertiary/aromatic N) is 2. The summed E-state index contributed by atoms with van der Waals surface area (Å²) in [7, 11) is 0. The summed E-state index contributed by atoms with van der Waals surface area (Å²) < 4.78 is 0. The van der Waals surface area contributed by atoms with E-state index < -0.39 is 0 Å². The molecule has 0 aliphatic carbocycles. The van der Waals surface area contributed by atoms with Gasteiger partial charge in [-0.05, 0) is 37.9 Å². The van der Waals surface area contributed by atoms with Crippen LogP contribution in [0.1, 0.15) is 24.1 Å². The number of rotatable bonds is 3. The third kappa shape index (κ3) is 3.17. The Kier molecular flexibility index (Phi) is 5.19. The van der Waals surface area contributed by atoms with E-state index >= 15 is 0 Å². The van der Waals surface area contributed by atoms with Gasteiger partial charge in [0.05, 0.1) is 5.69 Å². The Labute approximate surface area is 103 Å². The van der Waals surface area contributed by atoms with E-state index in [0.717, 1.165) is 25.3 Å². The fourth-order valence-corrected chi connectivity index (χ4v) is 2.17. The fraction of sp³-hybridized carbons (Fsp3) is 0.583. The highest BCUT2D eigenvalue weighted by Gasteiger charge is 2.22. The molecule has 0 amide bonds. The van der Waals surface area contributed by atoms with Crippen LogP contribution in [0.15, 0.2) is 18.3 Å². The van der Waals surface area contributed by atoms with Crippen molar-refractivity contribution >= 4 is 12.4 Å². The Morgan fingerprint density at radius 3 is 2.94 bits per heavy atom. The molecule has 2 N–H and O–H groups in total. The van der Waals surface area contributed by atoms with E-state index in [-0.39, 0.29) is 12.4 Å². The lowest BCUT2D eigenvalue weighted by molar-refractivity contribution is 0.247. The molecule has 0 radical (unpaired) electrons. The van der Waals surface area contributed by atoms with Gasteiger partial charge in [-0.15, -0.1) is 12.4 Å². The largest absolute Gasteiger partial charge is 0.329 e. The van der Waals surface area contributed by atoms with Crippen molar-refractivity contribution < 1.29 is 0 Å². The molecule has 1 unspecified atom stereocenters. The van der Waals surface area contributed by atoms with E-state index in [1.165, 1.54) is 18.4 Å². The van der Waals surface area contributed by atoms with Gasteiger partial charge in [0.1, 0.15) is 0 Å². The summed E-state index contributed by atoms with van der Waals surface area (Å²) >= 11 is 0. The standard InChI is InChI=1S/C12H19N3.ClH/c1-10-4-5-11(14-8-10)9-15-6-2-3-12(15)7-13;/h4-5,8,12H,2-3,6-7,9,13H2,1H3;1H. The van der Waals surface area contributed by atoms with Gasteiger partial charge in [0.25, 0.3) is 0 Å². The van der Waals surface area contributed by atoms with Crippen molar-refractivity contribution in [3.05, 3.63) is 29.6 Å². The Morgan fingerprint density at radius 1 is 1.50 bits per heavy atom. The van der Waals surface area contributed by atoms with Crippen molar-refractivity contribution in [2.45, 2.75) is 32.4 Å². The van der Waals surface area contributed by atoms with Gasteiger partial charge in [0, 0.05) is 25.3 Å². The first-order chi connectivity index (χ1) is 7.29. The van der Waals surface area contributed by atoms with Gasteiger partial charge in [-0.1, -0.05) is 6.07 Å². The average Bonchev–Trinajstić information content (AvgIpc) is 2.69. The van der Waals surface area contributed by atoms with Crippen LogP contribution in [0.3, 0.4) is 0 Å². The summed E-state index contributed by atoms with van der Waals surface area (Å²) in [4.78, 5) is 6.87. The van der Waals surface area contributed by atoms with Crippen LogP contribution in [0.5, 0.6) is 0 Å². The van der Waals surface area contributed by atoms with Crippen LogP contribution in [0.25, 0.3) is 0 Å². The minimum absolute atomic E-state index is 0. The zero-order chi connectivity index (χ0) is 10.7. The van der Waals surface area contributed by atoms with E-state index in [4.69, 9.17) is 5.73 Å². The molecule has 1 aliphatic heterocycles. The number of hydrogen-bond donors (Lipinski definition) is 1. The minimum atomic E-state index is 0. The first-order valence-corrected chi connectivity index (χ1v) is 5.65. The Morgan fingerprint density at radius 2 is 2.31 bits per heavy atom. The molecule has 90 valence electrons. The number of pyridine rings is 1. The lowest BCUT2D eigenvalue weighted by Crippen LogP contribution is -2.35. The van der Waals surface area contributed by atoms with Crippen LogP contribution in [-0.2, 0) is 6.54 Å². The van der Waals surface area contributed by atoms with Crippen molar-refractivity contribution in [2.75, 3.05) is 13.1 Å². The maximum absolute atomic E-state index is 5.74. The first kappa shape index (κ1) is 13.4. The smallest absolute Gasteiger partial charge is 0.0544 e. The second-order valence-electron chi connectivity index (χ2n) is 4.33. The van der Waals surface area contributed by atoms with Gasteiger partial charge in [0.2, 0.25) is 0 Å². The number of hydrogen-bond acceptors (Lipinski definition) is 3. The molecule has 2 heterocycles. The van der Waals surface area contributed by atoms with Crippen molar-refractivity contribution in [2.24, 2.45) is 5.73 Å². The van der Waals surface area contributed by atoms with E-state index in [1.54, 1.807) is 0 Å². The number of halogens is 1. The molecule has 1 fully saturated rings. The van der Waals surface area contributed by atoms with E-state index in [1.807, 2.05) is 6.20 Å². The SMILES string of the molecule is Cc1ccc(CN2CCCC2CN)nc1.Cl.